The van der Waals surface area contributed by atoms with Crippen LogP contribution in [0.2, 0.25) is 0 Å². The zero-order valence-electron chi connectivity index (χ0n) is 16.6. The highest BCUT2D eigenvalue weighted by Crippen LogP contribution is 2.28. The highest BCUT2D eigenvalue weighted by molar-refractivity contribution is 5.92. The third kappa shape index (κ3) is 5.26. The predicted octanol–water partition coefficient (Wildman–Crippen LogP) is 4.34. The molecule has 144 valence electrons. The Morgan fingerprint density at radius 1 is 1.07 bits per heavy atom. The Kier molecular flexibility index (Phi) is 7.29. The second-order valence-electron chi connectivity index (χ2n) is 6.07. The quantitative estimate of drug-likeness (QED) is 0.650. The Labute approximate surface area is 161 Å². The molecule has 0 aliphatic rings. The Morgan fingerprint density at radius 3 is 2.37 bits per heavy atom. The molecule has 0 saturated heterocycles. The van der Waals surface area contributed by atoms with Crippen LogP contribution < -0.4 is 14.2 Å². The van der Waals surface area contributed by atoms with Crippen molar-refractivity contribution in [2.75, 3.05) is 27.9 Å². The minimum atomic E-state index is -0.0768. The van der Waals surface area contributed by atoms with Crippen LogP contribution in [0.15, 0.2) is 48.5 Å². The number of methoxy groups -OCH3 is 2. The summed E-state index contributed by atoms with van der Waals surface area (Å²) in [4.78, 5) is 14.2. The first-order chi connectivity index (χ1) is 13.0. The van der Waals surface area contributed by atoms with Gasteiger partial charge in [0.2, 0.25) is 5.91 Å². The van der Waals surface area contributed by atoms with Crippen LogP contribution in [0, 0.1) is 0 Å². The monoisotopic (exact) mass is 369 g/mol. The second-order valence-corrected chi connectivity index (χ2v) is 6.07. The predicted molar refractivity (Wildman–Crippen MR) is 107 cm³/mol. The molecule has 1 amide bonds. The zero-order chi connectivity index (χ0) is 19.8. The molecule has 2 aromatic carbocycles. The van der Waals surface area contributed by atoms with Gasteiger partial charge >= 0.3 is 0 Å². The number of carbonyl (C=O) groups excluding carboxylic acids is 1. The molecule has 0 bridgehead atoms. The first-order valence-corrected chi connectivity index (χ1v) is 8.89. The molecule has 27 heavy (non-hydrogen) atoms. The molecular weight excluding hydrogens is 342 g/mol. The van der Waals surface area contributed by atoms with Crippen molar-refractivity contribution >= 4 is 12.0 Å². The maximum absolute atomic E-state index is 12.5. The van der Waals surface area contributed by atoms with Gasteiger partial charge in [-0.3, -0.25) is 4.79 Å². The van der Waals surface area contributed by atoms with Crippen LogP contribution in [0.25, 0.3) is 6.08 Å². The number of nitrogens with zero attached hydrogens (tertiary/aromatic N) is 1. The lowest BCUT2D eigenvalue weighted by Crippen LogP contribution is -2.27. The molecule has 2 aromatic rings. The molecule has 5 heteroatoms. The average molecular weight is 369 g/mol. The fourth-order valence-electron chi connectivity index (χ4n) is 2.65. The van der Waals surface area contributed by atoms with E-state index in [0.717, 1.165) is 16.9 Å². The Morgan fingerprint density at radius 2 is 1.78 bits per heavy atom. The smallest absolute Gasteiger partial charge is 0.246 e. The van der Waals surface area contributed by atoms with Crippen molar-refractivity contribution in [2.45, 2.75) is 19.9 Å². The standard InChI is InChI=1S/C22H27NO4/c1-6-27-21-15-17(7-13-20(21)26-5)8-14-22(24)23(3)16(2)18-9-11-19(25-4)12-10-18/h7-16H,6H2,1-5H3/b14-8+. The van der Waals surface area contributed by atoms with E-state index in [2.05, 4.69) is 0 Å². The molecular formula is C22H27NO4. The van der Waals surface area contributed by atoms with Gasteiger partial charge < -0.3 is 19.1 Å². The molecule has 1 atom stereocenters. The summed E-state index contributed by atoms with van der Waals surface area (Å²) in [5.74, 6) is 2.05. The minimum absolute atomic E-state index is 0.0529. The molecule has 0 radical (unpaired) electrons. The molecule has 0 saturated carbocycles. The van der Waals surface area contributed by atoms with Gasteiger partial charge in [0.25, 0.3) is 0 Å². The lowest BCUT2D eigenvalue weighted by molar-refractivity contribution is -0.126. The van der Waals surface area contributed by atoms with Crippen molar-refractivity contribution in [3.8, 4) is 17.2 Å². The number of amides is 1. The summed E-state index contributed by atoms with van der Waals surface area (Å²) in [5.41, 5.74) is 1.92. The molecule has 0 aliphatic carbocycles. The van der Waals surface area contributed by atoms with E-state index < -0.39 is 0 Å². The molecule has 0 aliphatic heterocycles. The minimum Gasteiger partial charge on any atom is -0.497 e. The number of benzene rings is 2. The number of likely N-dealkylation sites (N-methyl/N-ethyl adjacent to an activating group) is 1. The van der Waals surface area contributed by atoms with Crippen LogP contribution in [-0.4, -0.2) is 38.7 Å². The first kappa shape index (κ1) is 20.4. The molecule has 1 unspecified atom stereocenters. The summed E-state index contributed by atoms with van der Waals surface area (Å²) in [6.45, 7) is 4.46. The number of ether oxygens (including phenoxy) is 3. The van der Waals surface area contributed by atoms with Crippen LogP contribution in [0.4, 0.5) is 0 Å². The third-order valence-electron chi connectivity index (χ3n) is 4.43. The van der Waals surface area contributed by atoms with Crippen molar-refractivity contribution in [1.29, 1.82) is 0 Å². The SMILES string of the molecule is CCOc1cc(/C=C/C(=O)N(C)C(C)c2ccc(OC)cc2)ccc1OC. The summed E-state index contributed by atoms with van der Waals surface area (Å²) in [6.07, 6.45) is 3.35. The largest absolute Gasteiger partial charge is 0.497 e. The second kappa shape index (κ2) is 9.67. The van der Waals surface area contributed by atoms with E-state index in [1.165, 1.54) is 0 Å². The van der Waals surface area contributed by atoms with E-state index in [4.69, 9.17) is 14.2 Å². The van der Waals surface area contributed by atoms with E-state index in [1.807, 2.05) is 56.3 Å². The van der Waals surface area contributed by atoms with Crippen LogP contribution in [0.1, 0.15) is 31.0 Å². The van der Waals surface area contributed by atoms with Gasteiger partial charge in [0.15, 0.2) is 11.5 Å². The van der Waals surface area contributed by atoms with E-state index in [1.54, 1.807) is 38.3 Å². The highest BCUT2D eigenvalue weighted by atomic mass is 16.5. The van der Waals surface area contributed by atoms with Crippen LogP contribution in [-0.2, 0) is 4.79 Å². The fourth-order valence-corrected chi connectivity index (χ4v) is 2.65. The topological polar surface area (TPSA) is 48.0 Å². The van der Waals surface area contributed by atoms with Crippen molar-refractivity contribution in [1.82, 2.24) is 4.90 Å². The van der Waals surface area contributed by atoms with E-state index in [-0.39, 0.29) is 11.9 Å². The van der Waals surface area contributed by atoms with Crippen molar-refractivity contribution in [3.05, 3.63) is 59.7 Å². The Bertz CT molecular complexity index is 783. The molecule has 2 rings (SSSR count). The van der Waals surface area contributed by atoms with Gasteiger partial charge in [-0.05, 0) is 55.3 Å². The summed E-state index contributed by atoms with van der Waals surface area (Å²) >= 11 is 0. The Hall–Kier alpha value is -2.95. The van der Waals surface area contributed by atoms with Crippen molar-refractivity contribution in [3.63, 3.8) is 0 Å². The highest BCUT2D eigenvalue weighted by Gasteiger charge is 2.15. The van der Waals surface area contributed by atoms with Crippen LogP contribution in [0.5, 0.6) is 17.2 Å². The van der Waals surface area contributed by atoms with E-state index >= 15 is 0 Å². The van der Waals surface area contributed by atoms with Crippen LogP contribution >= 0.6 is 0 Å². The first-order valence-electron chi connectivity index (χ1n) is 8.89. The summed E-state index contributed by atoms with van der Waals surface area (Å²) < 4.78 is 16.0. The molecule has 0 spiro atoms. The molecule has 0 fully saturated rings. The van der Waals surface area contributed by atoms with Crippen LogP contribution in [0.3, 0.4) is 0 Å². The average Bonchev–Trinajstić information content (AvgIpc) is 2.71. The lowest BCUT2D eigenvalue weighted by Gasteiger charge is -2.24. The van der Waals surface area contributed by atoms with Gasteiger partial charge in [-0.1, -0.05) is 18.2 Å². The zero-order valence-corrected chi connectivity index (χ0v) is 16.6. The molecule has 0 heterocycles. The lowest BCUT2D eigenvalue weighted by atomic mass is 10.1. The maximum atomic E-state index is 12.5. The van der Waals surface area contributed by atoms with Gasteiger partial charge in [0.05, 0.1) is 26.9 Å². The molecule has 5 nitrogen and oxygen atoms in total. The third-order valence-corrected chi connectivity index (χ3v) is 4.43. The molecule has 0 aromatic heterocycles. The van der Waals surface area contributed by atoms with Crippen molar-refractivity contribution in [2.24, 2.45) is 0 Å². The van der Waals surface area contributed by atoms with Gasteiger partial charge in [-0.2, -0.15) is 0 Å². The van der Waals surface area contributed by atoms with Gasteiger partial charge in [0, 0.05) is 13.1 Å². The van der Waals surface area contributed by atoms with Gasteiger partial charge in [-0.15, -0.1) is 0 Å². The number of hydrogen-bond donors (Lipinski definition) is 0. The van der Waals surface area contributed by atoms with Gasteiger partial charge in [-0.25, -0.2) is 0 Å². The number of rotatable bonds is 8. The summed E-state index contributed by atoms with van der Waals surface area (Å²) in [6, 6.07) is 13.3. The Balaban J connectivity index is 2.09. The molecule has 0 N–H and O–H groups in total. The maximum Gasteiger partial charge on any atom is 0.246 e. The van der Waals surface area contributed by atoms with Crippen molar-refractivity contribution < 1.29 is 19.0 Å². The fraction of sp³-hybridized carbons (Fsp3) is 0.318. The normalized spacial score (nSPS) is 11.9. The summed E-state index contributed by atoms with van der Waals surface area (Å²) in [7, 11) is 5.03. The number of hydrogen-bond acceptors (Lipinski definition) is 4. The van der Waals surface area contributed by atoms with Gasteiger partial charge in [0.1, 0.15) is 5.75 Å². The van der Waals surface area contributed by atoms with E-state index in [0.29, 0.717) is 18.1 Å². The van der Waals surface area contributed by atoms with E-state index in [9.17, 15) is 4.79 Å². The number of carbonyl (C=O) groups is 1. The summed E-state index contributed by atoms with van der Waals surface area (Å²) in [5, 5.41) is 0.